The van der Waals surface area contributed by atoms with E-state index in [0.717, 1.165) is 42.4 Å². The Hall–Kier alpha value is -3.42. The molecule has 4 aromatic rings. The maximum atomic E-state index is 12.8. The number of benzene rings is 3. The van der Waals surface area contributed by atoms with Gasteiger partial charge in [-0.15, -0.1) is 10.2 Å². The second-order valence-electron chi connectivity index (χ2n) is 8.36. The number of hydrogen-bond donors (Lipinski definition) is 1. The Morgan fingerprint density at radius 3 is 2.38 bits per heavy atom. The van der Waals surface area contributed by atoms with Crippen LogP contribution in [0.15, 0.2) is 90.1 Å². The quantitative estimate of drug-likeness (QED) is 0.357. The molecule has 6 nitrogen and oxygen atoms in total. The molecule has 1 aromatic heterocycles. The molecular formula is C27H27N5OS. The predicted octanol–water partition coefficient (Wildman–Crippen LogP) is 5.26. The number of carbonyl (C=O) groups excluding carboxylic acids is 1. The third kappa shape index (κ3) is 5.38. The van der Waals surface area contributed by atoms with Crippen molar-refractivity contribution in [2.45, 2.75) is 24.5 Å². The Morgan fingerprint density at radius 1 is 0.882 bits per heavy atom. The third-order valence-electron chi connectivity index (χ3n) is 5.83. The van der Waals surface area contributed by atoms with Crippen molar-refractivity contribution < 1.29 is 4.79 Å². The molecule has 1 saturated heterocycles. The van der Waals surface area contributed by atoms with Gasteiger partial charge in [-0.1, -0.05) is 72.4 Å². The van der Waals surface area contributed by atoms with Crippen molar-refractivity contribution in [2.75, 3.05) is 24.2 Å². The van der Waals surface area contributed by atoms with Gasteiger partial charge in [-0.3, -0.25) is 14.3 Å². The van der Waals surface area contributed by atoms with Crippen molar-refractivity contribution in [3.05, 3.63) is 90.5 Å². The van der Waals surface area contributed by atoms with Crippen LogP contribution in [-0.2, 0) is 11.3 Å². The topological polar surface area (TPSA) is 63.1 Å². The summed E-state index contributed by atoms with van der Waals surface area (Å²) in [6.07, 6.45) is 2.54. The van der Waals surface area contributed by atoms with Crippen molar-refractivity contribution in [3.8, 4) is 17.1 Å². The predicted molar refractivity (Wildman–Crippen MR) is 137 cm³/mol. The molecule has 0 saturated carbocycles. The Morgan fingerprint density at radius 2 is 1.62 bits per heavy atom. The van der Waals surface area contributed by atoms with Gasteiger partial charge in [0.05, 0.1) is 5.75 Å². The Bertz CT molecular complexity index is 1240. The highest BCUT2D eigenvalue weighted by Crippen LogP contribution is 2.28. The van der Waals surface area contributed by atoms with Gasteiger partial charge >= 0.3 is 0 Å². The maximum Gasteiger partial charge on any atom is 0.234 e. The number of para-hydroxylation sites is 1. The first kappa shape index (κ1) is 22.4. The Labute approximate surface area is 204 Å². The van der Waals surface area contributed by atoms with Crippen molar-refractivity contribution in [2.24, 2.45) is 0 Å². The van der Waals surface area contributed by atoms with Crippen LogP contribution in [0, 0.1) is 0 Å². The number of carbonyl (C=O) groups is 1. The van der Waals surface area contributed by atoms with Crippen molar-refractivity contribution >= 4 is 23.4 Å². The van der Waals surface area contributed by atoms with E-state index in [0.29, 0.717) is 5.16 Å². The highest BCUT2D eigenvalue weighted by Gasteiger charge is 2.17. The van der Waals surface area contributed by atoms with Gasteiger partial charge in [-0.25, -0.2) is 0 Å². The summed E-state index contributed by atoms with van der Waals surface area (Å²) in [6, 6.07) is 28.1. The summed E-state index contributed by atoms with van der Waals surface area (Å²) in [7, 11) is 0. The van der Waals surface area contributed by atoms with Crippen LogP contribution in [0.3, 0.4) is 0 Å². The zero-order valence-electron chi connectivity index (χ0n) is 18.9. The highest BCUT2D eigenvalue weighted by atomic mass is 32.2. The number of amides is 1. The lowest BCUT2D eigenvalue weighted by Crippen LogP contribution is -2.19. The fourth-order valence-corrected chi connectivity index (χ4v) is 4.97. The van der Waals surface area contributed by atoms with Crippen LogP contribution in [0.25, 0.3) is 17.1 Å². The zero-order valence-corrected chi connectivity index (χ0v) is 19.7. The van der Waals surface area contributed by atoms with E-state index < -0.39 is 0 Å². The first-order valence-corrected chi connectivity index (χ1v) is 12.5. The van der Waals surface area contributed by atoms with E-state index in [9.17, 15) is 4.79 Å². The molecule has 1 amide bonds. The molecule has 1 aliphatic rings. The van der Waals surface area contributed by atoms with E-state index in [1.165, 1.54) is 30.2 Å². The van der Waals surface area contributed by atoms with Crippen molar-refractivity contribution in [3.63, 3.8) is 0 Å². The van der Waals surface area contributed by atoms with Crippen LogP contribution in [-0.4, -0.2) is 44.4 Å². The van der Waals surface area contributed by atoms with Crippen LogP contribution < -0.4 is 5.32 Å². The van der Waals surface area contributed by atoms with Gasteiger partial charge in [0.25, 0.3) is 0 Å². The molecule has 0 atom stereocenters. The first-order chi connectivity index (χ1) is 16.8. The number of rotatable bonds is 8. The summed E-state index contributed by atoms with van der Waals surface area (Å²) in [5.41, 5.74) is 3.99. The molecule has 34 heavy (non-hydrogen) atoms. The first-order valence-electron chi connectivity index (χ1n) is 11.6. The summed E-state index contributed by atoms with van der Waals surface area (Å²) in [5, 5.41) is 12.6. The molecule has 1 fully saturated rings. The number of hydrogen-bond acceptors (Lipinski definition) is 5. The SMILES string of the molecule is O=C(CSc1nnc(-c2ccccc2)n1-c1ccccc1)Nc1cccc(CN2CCCC2)c1. The van der Waals surface area contributed by atoms with Gasteiger partial charge in [0, 0.05) is 23.5 Å². The minimum atomic E-state index is -0.0628. The molecular weight excluding hydrogens is 442 g/mol. The van der Waals surface area contributed by atoms with Crippen LogP contribution in [0.5, 0.6) is 0 Å². The Balaban J connectivity index is 1.29. The lowest BCUT2D eigenvalue weighted by molar-refractivity contribution is -0.113. The molecule has 3 aromatic carbocycles. The van der Waals surface area contributed by atoms with E-state index in [4.69, 9.17) is 0 Å². The van der Waals surface area contributed by atoms with E-state index >= 15 is 0 Å². The molecule has 1 N–H and O–H groups in total. The van der Waals surface area contributed by atoms with Gasteiger partial charge in [0.1, 0.15) is 0 Å². The fourth-order valence-electron chi connectivity index (χ4n) is 4.22. The van der Waals surface area contributed by atoms with Gasteiger partial charge in [-0.05, 0) is 55.8 Å². The summed E-state index contributed by atoms with van der Waals surface area (Å²) in [5.74, 6) is 0.937. The number of aromatic nitrogens is 3. The number of nitrogens with one attached hydrogen (secondary N) is 1. The zero-order chi connectivity index (χ0) is 23.2. The molecule has 2 heterocycles. The molecule has 1 aliphatic heterocycles. The van der Waals surface area contributed by atoms with Crippen LogP contribution in [0.4, 0.5) is 5.69 Å². The molecule has 0 aliphatic carbocycles. The minimum Gasteiger partial charge on any atom is -0.325 e. The number of anilines is 1. The average molecular weight is 470 g/mol. The van der Waals surface area contributed by atoms with Crippen LogP contribution >= 0.6 is 11.8 Å². The van der Waals surface area contributed by atoms with Gasteiger partial charge in [-0.2, -0.15) is 0 Å². The third-order valence-corrected chi connectivity index (χ3v) is 6.76. The van der Waals surface area contributed by atoms with E-state index in [-0.39, 0.29) is 11.7 Å². The van der Waals surface area contributed by atoms with E-state index in [2.05, 4.69) is 32.5 Å². The standard InChI is InChI=1S/C27H27N5OS/c33-25(28-23-13-9-10-21(18-23)19-31-16-7-8-17-31)20-34-27-30-29-26(22-11-3-1-4-12-22)32(27)24-14-5-2-6-15-24/h1-6,9-15,18H,7-8,16-17,19-20H2,(H,28,33). The smallest absolute Gasteiger partial charge is 0.234 e. The lowest BCUT2D eigenvalue weighted by atomic mass is 10.2. The second kappa shape index (κ2) is 10.7. The molecule has 172 valence electrons. The van der Waals surface area contributed by atoms with Gasteiger partial charge in [0.15, 0.2) is 11.0 Å². The number of likely N-dealkylation sites (tertiary alicyclic amines) is 1. The Kier molecular flexibility index (Phi) is 7.02. The molecule has 0 radical (unpaired) electrons. The van der Waals surface area contributed by atoms with Crippen molar-refractivity contribution in [1.82, 2.24) is 19.7 Å². The summed E-state index contributed by atoms with van der Waals surface area (Å²) < 4.78 is 2.00. The number of nitrogens with zero attached hydrogens (tertiary/aromatic N) is 4. The van der Waals surface area contributed by atoms with Crippen LogP contribution in [0.2, 0.25) is 0 Å². The van der Waals surface area contributed by atoms with Crippen LogP contribution in [0.1, 0.15) is 18.4 Å². The summed E-state index contributed by atoms with van der Waals surface area (Å²) in [4.78, 5) is 15.2. The van der Waals surface area contributed by atoms with E-state index in [1.54, 1.807) is 0 Å². The van der Waals surface area contributed by atoms with Crippen molar-refractivity contribution in [1.29, 1.82) is 0 Å². The lowest BCUT2D eigenvalue weighted by Gasteiger charge is -2.15. The normalized spacial score (nSPS) is 13.8. The van der Waals surface area contributed by atoms with Gasteiger partial charge < -0.3 is 5.32 Å². The molecule has 0 unspecified atom stereocenters. The molecule has 7 heteroatoms. The highest BCUT2D eigenvalue weighted by molar-refractivity contribution is 7.99. The molecule has 0 spiro atoms. The second-order valence-corrected chi connectivity index (χ2v) is 9.31. The monoisotopic (exact) mass is 469 g/mol. The average Bonchev–Trinajstić information content (AvgIpc) is 3.54. The fraction of sp³-hybridized carbons (Fsp3) is 0.222. The summed E-state index contributed by atoms with van der Waals surface area (Å²) in [6.45, 7) is 3.24. The van der Waals surface area contributed by atoms with Gasteiger partial charge in [0.2, 0.25) is 5.91 Å². The molecule has 0 bridgehead atoms. The molecule has 5 rings (SSSR count). The largest absolute Gasteiger partial charge is 0.325 e. The minimum absolute atomic E-state index is 0.0628. The maximum absolute atomic E-state index is 12.8. The number of thioether (sulfide) groups is 1. The van der Waals surface area contributed by atoms with E-state index in [1.807, 2.05) is 77.4 Å². The summed E-state index contributed by atoms with van der Waals surface area (Å²) >= 11 is 1.38.